The number of nitrogens with zero attached hydrogens (tertiary/aromatic N) is 2. The van der Waals surface area contributed by atoms with Crippen molar-refractivity contribution >= 4 is 87.2 Å². The summed E-state index contributed by atoms with van der Waals surface area (Å²) in [7, 11) is 0. The zero-order valence-corrected chi connectivity index (χ0v) is 36.4. The number of benzene rings is 11. The van der Waals surface area contributed by atoms with E-state index in [9.17, 15) is 0 Å². The van der Waals surface area contributed by atoms with Crippen LogP contribution in [-0.2, 0) is 0 Å². The first-order valence-electron chi connectivity index (χ1n) is 22.2. The molecule has 12 rings (SSSR count). The Morgan fingerprint density at radius 2 is 0.631 bits per heavy atom. The molecular formula is C62H42N2S. The first-order valence-corrected chi connectivity index (χ1v) is 23.0. The van der Waals surface area contributed by atoms with E-state index in [0.29, 0.717) is 0 Å². The van der Waals surface area contributed by atoms with Crippen molar-refractivity contribution in [2.24, 2.45) is 0 Å². The molecular weight excluding hydrogens is 805 g/mol. The molecule has 65 heavy (non-hydrogen) atoms. The standard InChI is InChI=1S/C62H42N2S/c1-3-13-43(14-4-1)44-23-25-45(26-24-44)46-27-33-51(34-28-46)63(50-16-5-2-6-17-50)52-35-29-47(30-36-52)48-31-37-53(38-32-48)64(54-39-40-62-59(42-54)58-21-11-12-22-61(58)65-62)60-41-49-15-7-8-18-55(49)56-19-9-10-20-57(56)60/h1-42H. The number of fused-ring (bicyclic) bond motifs is 6. The van der Waals surface area contributed by atoms with Gasteiger partial charge in [0.1, 0.15) is 0 Å². The van der Waals surface area contributed by atoms with E-state index in [0.717, 1.165) is 45.3 Å². The molecule has 0 spiro atoms. The third-order valence-corrected chi connectivity index (χ3v) is 13.8. The van der Waals surface area contributed by atoms with Gasteiger partial charge >= 0.3 is 0 Å². The predicted octanol–water partition coefficient (Wildman–Crippen LogP) is 18.3. The van der Waals surface area contributed by atoms with Crippen LogP contribution in [0.1, 0.15) is 0 Å². The molecule has 12 aromatic rings. The normalized spacial score (nSPS) is 11.4. The van der Waals surface area contributed by atoms with Gasteiger partial charge in [-0.25, -0.2) is 0 Å². The van der Waals surface area contributed by atoms with Gasteiger partial charge in [-0.2, -0.15) is 0 Å². The summed E-state index contributed by atoms with van der Waals surface area (Å²) in [4.78, 5) is 4.77. The van der Waals surface area contributed by atoms with Crippen LogP contribution in [0.3, 0.4) is 0 Å². The van der Waals surface area contributed by atoms with Crippen LogP contribution in [0, 0.1) is 0 Å². The Labute approximate surface area is 383 Å². The summed E-state index contributed by atoms with van der Waals surface area (Å²) in [5.74, 6) is 0. The van der Waals surface area contributed by atoms with Crippen molar-refractivity contribution in [2.75, 3.05) is 9.80 Å². The first kappa shape index (κ1) is 38.4. The van der Waals surface area contributed by atoms with Gasteiger partial charge in [0.25, 0.3) is 0 Å². The van der Waals surface area contributed by atoms with E-state index in [1.165, 1.54) is 64.0 Å². The van der Waals surface area contributed by atoms with Gasteiger partial charge in [-0.05, 0) is 128 Å². The second kappa shape index (κ2) is 16.5. The highest BCUT2D eigenvalue weighted by Crippen LogP contribution is 2.45. The summed E-state index contributed by atoms with van der Waals surface area (Å²) < 4.78 is 2.61. The molecule has 1 heterocycles. The van der Waals surface area contributed by atoms with Gasteiger partial charge in [-0.1, -0.05) is 176 Å². The molecule has 0 saturated carbocycles. The molecule has 0 aliphatic carbocycles. The number of para-hydroxylation sites is 1. The van der Waals surface area contributed by atoms with E-state index >= 15 is 0 Å². The summed E-state index contributed by atoms with van der Waals surface area (Å²) >= 11 is 1.86. The summed E-state index contributed by atoms with van der Waals surface area (Å²) in [5.41, 5.74) is 13.9. The predicted molar refractivity (Wildman–Crippen MR) is 280 cm³/mol. The molecule has 11 aromatic carbocycles. The van der Waals surface area contributed by atoms with E-state index in [-0.39, 0.29) is 0 Å². The Morgan fingerprint density at radius 1 is 0.231 bits per heavy atom. The van der Waals surface area contributed by atoms with Crippen LogP contribution in [-0.4, -0.2) is 0 Å². The fourth-order valence-electron chi connectivity index (χ4n) is 9.42. The van der Waals surface area contributed by atoms with Crippen LogP contribution in [0.5, 0.6) is 0 Å². The van der Waals surface area contributed by atoms with Gasteiger partial charge < -0.3 is 9.80 Å². The van der Waals surface area contributed by atoms with Crippen molar-refractivity contribution in [1.29, 1.82) is 0 Å². The fraction of sp³-hybridized carbons (Fsp3) is 0. The summed E-state index contributed by atoms with van der Waals surface area (Å²) in [6.45, 7) is 0. The third kappa shape index (κ3) is 7.19. The lowest BCUT2D eigenvalue weighted by Gasteiger charge is -2.28. The summed E-state index contributed by atoms with van der Waals surface area (Å²) in [5, 5.41) is 7.53. The lowest BCUT2D eigenvalue weighted by molar-refractivity contribution is 1.28. The zero-order valence-electron chi connectivity index (χ0n) is 35.6. The molecule has 0 atom stereocenters. The van der Waals surface area contributed by atoms with Crippen molar-refractivity contribution < 1.29 is 0 Å². The van der Waals surface area contributed by atoms with Crippen LogP contribution >= 0.6 is 11.3 Å². The topological polar surface area (TPSA) is 6.48 Å². The number of hydrogen-bond donors (Lipinski definition) is 0. The lowest BCUT2D eigenvalue weighted by Crippen LogP contribution is -2.10. The third-order valence-electron chi connectivity index (χ3n) is 12.7. The van der Waals surface area contributed by atoms with Gasteiger partial charge in [0.05, 0.1) is 5.69 Å². The number of anilines is 6. The average molecular weight is 847 g/mol. The molecule has 0 unspecified atom stereocenters. The minimum atomic E-state index is 1.10. The minimum Gasteiger partial charge on any atom is -0.311 e. The van der Waals surface area contributed by atoms with Crippen LogP contribution in [0.15, 0.2) is 255 Å². The van der Waals surface area contributed by atoms with Crippen molar-refractivity contribution in [1.82, 2.24) is 0 Å². The average Bonchev–Trinajstić information content (AvgIpc) is 3.76. The highest BCUT2D eigenvalue weighted by Gasteiger charge is 2.19. The summed E-state index contributed by atoms with van der Waals surface area (Å²) in [6.07, 6.45) is 0. The molecule has 0 N–H and O–H groups in total. The van der Waals surface area contributed by atoms with Crippen molar-refractivity contribution in [3.8, 4) is 33.4 Å². The van der Waals surface area contributed by atoms with Gasteiger partial charge in [0.15, 0.2) is 0 Å². The van der Waals surface area contributed by atoms with Crippen LogP contribution in [0.2, 0.25) is 0 Å². The molecule has 2 nitrogen and oxygen atoms in total. The first-order chi connectivity index (χ1) is 32.2. The highest BCUT2D eigenvalue weighted by molar-refractivity contribution is 7.25. The number of thiophene rings is 1. The zero-order chi connectivity index (χ0) is 43.1. The molecule has 0 fully saturated rings. The van der Waals surface area contributed by atoms with Gasteiger partial charge in [-0.3, -0.25) is 0 Å². The van der Waals surface area contributed by atoms with E-state index < -0.39 is 0 Å². The van der Waals surface area contributed by atoms with Crippen LogP contribution < -0.4 is 9.80 Å². The Kier molecular flexibility index (Phi) is 9.74. The maximum Gasteiger partial charge on any atom is 0.0546 e. The molecule has 0 aliphatic rings. The highest BCUT2D eigenvalue weighted by atomic mass is 32.1. The van der Waals surface area contributed by atoms with Gasteiger partial charge in [-0.15, -0.1) is 11.3 Å². The Bertz CT molecular complexity index is 3620. The summed E-state index contributed by atoms with van der Waals surface area (Å²) in [6, 6.07) is 92.5. The van der Waals surface area contributed by atoms with E-state index in [4.69, 9.17) is 0 Å². The van der Waals surface area contributed by atoms with Crippen molar-refractivity contribution in [2.45, 2.75) is 0 Å². The van der Waals surface area contributed by atoms with E-state index in [2.05, 4.69) is 265 Å². The van der Waals surface area contributed by atoms with Gasteiger partial charge in [0, 0.05) is 54.0 Å². The van der Waals surface area contributed by atoms with Crippen LogP contribution in [0.25, 0.3) is 75.1 Å². The molecule has 0 amide bonds. The molecule has 0 radical (unpaired) electrons. The van der Waals surface area contributed by atoms with Crippen molar-refractivity contribution in [3.63, 3.8) is 0 Å². The van der Waals surface area contributed by atoms with E-state index in [1.54, 1.807) is 0 Å². The van der Waals surface area contributed by atoms with Crippen molar-refractivity contribution in [3.05, 3.63) is 255 Å². The second-order valence-electron chi connectivity index (χ2n) is 16.5. The monoisotopic (exact) mass is 846 g/mol. The molecule has 0 bridgehead atoms. The van der Waals surface area contributed by atoms with Gasteiger partial charge in [0.2, 0.25) is 0 Å². The minimum absolute atomic E-state index is 1.10. The Hall–Kier alpha value is -8.24. The van der Waals surface area contributed by atoms with E-state index in [1.807, 2.05) is 11.3 Å². The maximum absolute atomic E-state index is 2.44. The SMILES string of the molecule is c1ccc(-c2ccc(-c3ccc(N(c4ccccc4)c4ccc(-c5ccc(N(c6ccc7sc8ccccc8c7c6)c6cc7ccccc7c7ccccc67)cc5)cc4)cc3)cc2)cc1. The number of hydrogen-bond acceptors (Lipinski definition) is 3. The molecule has 3 heteroatoms. The molecule has 306 valence electrons. The van der Waals surface area contributed by atoms with Crippen LogP contribution in [0.4, 0.5) is 34.1 Å². The molecule has 1 aromatic heterocycles. The lowest BCUT2D eigenvalue weighted by atomic mass is 9.98. The Morgan fingerprint density at radius 3 is 1.23 bits per heavy atom. The quantitative estimate of drug-likeness (QED) is 0.134. The molecule has 0 saturated heterocycles. The fourth-order valence-corrected chi connectivity index (χ4v) is 10.5. The maximum atomic E-state index is 2.44. The largest absolute Gasteiger partial charge is 0.311 e. The second-order valence-corrected chi connectivity index (χ2v) is 17.6. The smallest absolute Gasteiger partial charge is 0.0546 e. The Balaban J connectivity index is 0.887. The number of rotatable bonds is 9. The molecule has 0 aliphatic heterocycles.